The third-order valence-electron chi connectivity index (χ3n) is 3.52. The Morgan fingerprint density at radius 2 is 2.06 bits per heavy atom. The number of hydrogen-bond acceptors (Lipinski definition) is 2. The first-order chi connectivity index (χ1) is 7.70. The van der Waals surface area contributed by atoms with Gasteiger partial charge in [-0.05, 0) is 42.9 Å². The molecule has 2 atom stereocenters. The van der Waals surface area contributed by atoms with Gasteiger partial charge in [0.25, 0.3) is 0 Å². The fourth-order valence-electron chi connectivity index (χ4n) is 2.32. The van der Waals surface area contributed by atoms with Crippen molar-refractivity contribution < 1.29 is 9.84 Å². The average molecular weight is 220 g/mol. The predicted octanol–water partition coefficient (Wildman–Crippen LogP) is 2.11. The molecular formula is C14H20O2. The first-order valence-electron chi connectivity index (χ1n) is 6.02. The van der Waals surface area contributed by atoms with Gasteiger partial charge in [-0.25, -0.2) is 0 Å². The number of ether oxygens (including phenoxy) is 1. The highest BCUT2D eigenvalue weighted by atomic mass is 16.5. The molecule has 0 aromatic heterocycles. The Labute approximate surface area is 97.3 Å². The monoisotopic (exact) mass is 220 g/mol. The molecule has 2 heteroatoms. The summed E-state index contributed by atoms with van der Waals surface area (Å²) in [6, 6.07) is 6.59. The van der Waals surface area contributed by atoms with Gasteiger partial charge in [0.05, 0.1) is 12.2 Å². The van der Waals surface area contributed by atoms with Crippen molar-refractivity contribution in [3.63, 3.8) is 0 Å². The van der Waals surface area contributed by atoms with Crippen molar-refractivity contribution in [2.75, 3.05) is 7.11 Å². The van der Waals surface area contributed by atoms with Crippen molar-refractivity contribution >= 4 is 0 Å². The maximum Gasteiger partial charge on any atom is 0.0839 e. The lowest BCUT2D eigenvalue weighted by Gasteiger charge is -2.17. The minimum atomic E-state index is -0.413. The van der Waals surface area contributed by atoms with Crippen LogP contribution in [0.1, 0.15) is 30.0 Å². The van der Waals surface area contributed by atoms with Crippen LogP contribution in [0.25, 0.3) is 0 Å². The number of benzene rings is 1. The fraction of sp³-hybridized carbons (Fsp3) is 0.571. The van der Waals surface area contributed by atoms with Crippen LogP contribution in [0.3, 0.4) is 0 Å². The van der Waals surface area contributed by atoms with Crippen molar-refractivity contribution in [1.29, 1.82) is 0 Å². The van der Waals surface area contributed by atoms with Crippen molar-refractivity contribution in [2.45, 2.75) is 44.8 Å². The molecule has 0 radical (unpaired) electrons. The van der Waals surface area contributed by atoms with Crippen LogP contribution in [0, 0.1) is 0 Å². The smallest absolute Gasteiger partial charge is 0.0839 e. The molecule has 0 bridgehead atoms. The zero-order valence-electron chi connectivity index (χ0n) is 10.1. The van der Waals surface area contributed by atoms with E-state index >= 15 is 0 Å². The summed E-state index contributed by atoms with van der Waals surface area (Å²) in [6.45, 7) is 1.90. The summed E-state index contributed by atoms with van der Waals surface area (Å²) in [4.78, 5) is 0. The Hall–Kier alpha value is -0.860. The van der Waals surface area contributed by atoms with Crippen LogP contribution >= 0.6 is 0 Å². The molecule has 2 rings (SSSR count). The van der Waals surface area contributed by atoms with Gasteiger partial charge < -0.3 is 9.84 Å². The summed E-state index contributed by atoms with van der Waals surface area (Å²) in [7, 11) is 1.64. The Kier molecular flexibility index (Phi) is 3.62. The number of aliphatic hydroxyl groups excluding tert-OH is 1. The topological polar surface area (TPSA) is 29.5 Å². The molecule has 16 heavy (non-hydrogen) atoms. The second-order valence-electron chi connectivity index (χ2n) is 4.67. The first kappa shape index (κ1) is 11.6. The van der Waals surface area contributed by atoms with Gasteiger partial charge in [0.15, 0.2) is 0 Å². The SMILES string of the molecule is COC(C)C(O)Cc1ccc2c(c1)CCC2. The standard InChI is InChI=1S/C14H20O2/c1-10(16-2)14(15)9-11-6-7-12-4-3-5-13(12)8-11/h6-8,10,14-15H,3-5,9H2,1-2H3. The van der Waals surface area contributed by atoms with Gasteiger partial charge in [-0.1, -0.05) is 18.2 Å². The lowest BCUT2D eigenvalue weighted by atomic mass is 10.0. The zero-order valence-corrected chi connectivity index (χ0v) is 10.1. The average Bonchev–Trinajstić information content (AvgIpc) is 2.75. The molecule has 0 saturated carbocycles. The highest BCUT2D eigenvalue weighted by Crippen LogP contribution is 2.23. The van der Waals surface area contributed by atoms with E-state index in [1.165, 1.54) is 36.0 Å². The number of fused-ring (bicyclic) bond motifs is 1. The fourth-order valence-corrected chi connectivity index (χ4v) is 2.32. The zero-order chi connectivity index (χ0) is 11.5. The van der Waals surface area contributed by atoms with Gasteiger partial charge in [0.1, 0.15) is 0 Å². The van der Waals surface area contributed by atoms with Crippen molar-refractivity contribution in [1.82, 2.24) is 0 Å². The van der Waals surface area contributed by atoms with Gasteiger partial charge in [-0.15, -0.1) is 0 Å². The second-order valence-corrected chi connectivity index (χ2v) is 4.67. The predicted molar refractivity (Wildman–Crippen MR) is 64.6 cm³/mol. The molecule has 2 unspecified atom stereocenters. The number of methoxy groups -OCH3 is 1. The van der Waals surface area contributed by atoms with Crippen molar-refractivity contribution in [3.05, 3.63) is 34.9 Å². The Balaban J connectivity index is 2.05. The van der Waals surface area contributed by atoms with Crippen LogP contribution in [-0.2, 0) is 24.0 Å². The number of aryl methyl sites for hydroxylation is 2. The van der Waals surface area contributed by atoms with Crippen LogP contribution in [0.5, 0.6) is 0 Å². The van der Waals surface area contributed by atoms with E-state index in [1.54, 1.807) is 7.11 Å². The molecule has 0 spiro atoms. The third-order valence-corrected chi connectivity index (χ3v) is 3.52. The molecule has 0 fully saturated rings. The summed E-state index contributed by atoms with van der Waals surface area (Å²) in [5.41, 5.74) is 4.17. The Morgan fingerprint density at radius 1 is 1.31 bits per heavy atom. The van der Waals surface area contributed by atoms with E-state index in [4.69, 9.17) is 4.74 Å². The third kappa shape index (κ3) is 2.45. The molecule has 1 N–H and O–H groups in total. The summed E-state index contributed by atoms with van der Waals surface area (Å²) in [5, 5.41) is 9.89. The molecule has 1 aliphatic carbocycles. The van der Waals surface area contributed by atoms with E-state index in [0.717, 1.165) is 0 Å². The second kappa shape index (κ2) is 4.98. The molecule has 0 heterocycles. The summed E-state index contributed by atoms with van der Waals surface area (Å²) in [6.07, 6.45) is 3.85. The Morgan fingerprint density at radius 3 is 2.81 bits per heavy atom. The molecule has 0 aliphatic heterocycles. The number of hydrogen-bond donors (Lipinski definition) is 1. The maximum atomic E-state index is 9.89. The van der Waals surface area contributed by atoms with Crippen LogP contribution in [0.15, 0.2) is 18.2 Å². The lowest BCUT2D eigenvalue weighted by Crippen LogP contribution is -2.26. The molecule has 88 valence electrons. The normalized spacial score (nSPS) is 18.2. The van der Waals surface area contributed by atoms with Gasteiger partial charge in [0, 0.05) is 13.5 Å². The molecular weight excluding hydrogens is 200 g/mol. The minimum Gasteiger partial charge on any atom is -0.390 e. The minimum absolute atomic E-state index is 0.103. The Bertz CT molecular complexity index is 360. The largest absolute Gasteiger partial charge is 0.390 e. The van der Waals surface area contributed by atoms with Crippen molar-refractivity contribution in [3.8, 4) is 0 Å². The highest BCUT2D eigenvalue weighted by molar-refractivity contribution is 5.35. The van der Waals surface area contributed by atoms with E-state index in [-0.39, 0.29) is 6.10 Å². The molecule has 2 nitrogen and oxygen atoms in total. The summed E-state index contributed by atoms with van der Waals surface area (Å²) >= 11 is 0. The van der Waals surface area contributed by atoms with E-state index in [0.29, 0.717) is 6.42 Å². The van der Waals surface area contributed by atoms with Crippen LogP contribution in [-0.4, -0.2) is 24.4 Å². The number of aliphatic hydroxyl groups is 1. The lowest BCUT2D eigenvalue weighted by molar-refractivity contribution is 0.000402. The summed E-state index contributed by atoms with van der Waals surface area (Å²) < 4.78 is 5.13. The molecule has 1 aromatic carbocycles. The van der Waals surface area contributed by atoms with Crippen LogP contribution in [0.2, 0.25) is 0 Å². The molecule has 1 aromatic rings. The van der Waals surface area contributed by atoms with Gasteiger partial charge in [-0.2, -0.15) is 0 Å². The van der Waals surface area contributed by atoms with Crippen LogP contribution < -0.4 is 0 Å². The van der Waals surface area contributed by atoms with Gasteiger partial charge >= 0.3 is 0 Å². The van der Waals surface area contributed by atoms with E-state index in [1.807, 2.05) is 6.92 Å². The molecule has 1 aliphatic rings. The highest BCUT2D eigenvalue weighted by Gasteiger charge is 2.16. The molecule has 0 amide bonds. The van der Waals surface area contributed by atoms with E-state index < -0.39 is 6.10 Å². The number of rotatable bonds is 4. The van der Waals surface area contributed by atoms with E-state index in [2.05, 4.69) is 18.2 Å². The summed E-state index contributed by atoms with van der Waals surface area (Å²) in [5.74, 6) is 0. The van der Waals surface area contributed by atoms with Crippen molar-refractivity contribution in [2.24, 2.45) is 0 Å². The van der Waals surface area contributed by atoms with E-state index in [9.17, 15) is 5.11 Å². The van der Waals surface area contributed by atoms with Gasteiger partial charge in [0.2, 0.25) is 0 Å². The first-order valence-corrected chi connectivity index (χ1v) is 6.02. The quantitative estimate of drug-likeness (QED) is 0.842. The maximum absolute atomic E-state index is 9.89. The van der Waals surface area contributed by atoms with Crippen LogP contribution in [0.4, 0.5) is 0 Å². The van der Waals surface area contributed by atoms with Gasteiger partial charge in [-0.3, -0.25) is 0 Å². The molecule has 0 saturated heterocycles.